The van der Waals surface area contributed by atoms with E-state index in [9.17, 15) is 0 Å². The Labute approximate surface area is 213 Å². The van der Waals surface area contributed by atoms with E-state index in [0.29, 0.717) is 92.5 Å². The SMILES string of the molecule is c1ccc(COCC2(COCC3(COCC4(COCc5ccccc5)COC4)COC3)COC2)cc1. The van der Waals surface area contributed by atoms with Crippen LogP contribution in [0.1, 0.15) is 11.1 Å². The summed E-state index contributed by atoms with van der Waals surface area (Å²) in [5.41, 5.74) is 2.14. The average Bonchev–Trinajstić information content (AvgIpc) is 2.84. The van der Waals surface area contributed by atoms with E-state index in [-0.39, 0.29) is 16.2 Å². The van der Waals surface area contributed by atoms with Gasteiger partial charge in [0, 0.05) is 0 Å². The minimum absolute atomic E-state index is 0.0646. The predicted molar refractivity (Wildman–Crippen MR) is 134 cm³/mol. The molecule has 0 radical (unpaired) electrons. The van der Waals surface area contributed by atoms with E-state index in [4.69, 9.17) is 33.2 Å². The minimum atomic E-state index is -0.0899. The first-order valence-electron chi connectivity index (χ1n) is 12.8. The van der Waals surface area contributed by atoms with Gasteiger partial charge < -0.3 is 33.2 Å². The summed E-state index contributed by atoms with van der Waals surface area (Å²) in [5, 5.41) is 0. The summed E-state index contributed by atoms with van der Waals surface area (Å²) in [5.74, 6) is 0. The number of benzene rings is 2. The highest BCUT2D eigenvalue weighted by molar-refractivity contribution is 5.14. The van der Waals surface area contributed by atoms with Crippen molar-refractivity contribution in [2.24, 2.45) is 16.2 Å². The Morgan fingerprint density at radius 2 is 0.750 bits per heavy atom. The second kappa shape index (κ2) is 12.1. The summed E-state index contributed by atoms with van der Waals surface area (Å²) in [7, 11) is 0. The van der Waals surface area contributed by atoms with Gasteiger partial charge in [-0.15, -0.1) is 0 Å². The Bertz CT molecular complexity index is 836. The molecule has 7 nitrogen and oxygen atoms in total. The molecule has 5 rings (SSSR count). The van der Waals surface area contributed by atoms with E-state index >= 15 is 0 Å². The van der Waals surface area contributed by atoms with Crippen LogP contribution in [0.4, 0.5) is 0 Å². The molecule has 0 amide bonds. The van der Waals surface area contributed by atoms with Gasteiger partial charge in [0.25, 0.3) is 0 Å². The van der Waals surface area contributed by atoms with Crippen molar-refractivity contribution in [2.45, 2.75) is 13.2 Å². The molecule has 3 aliphatic rings. The minimum Gasteiger partial charge on any atom is -0.380 e. The zero-order chi connectivity index (χ0) is 24.6. The molecule has 0 unspecified atom stereocenters. The first kappa shape index (κ1) is 25.8. The molecule has 0 saturated carbocycles. The second-order valence-electron chi connectivity index (χ2n) is 10.9. The smallest absolute Gasteiger partial charge is 0.0717 e. The molecule has 36 heavy (non-hydrogen) atoms. The van der Waals surface area contributed by atoms with Gasteiger partial charge in [0.15, 0.2) is 0 Å². The summed E-state index contributed by atoms with van der Waals surface area (Å²) in [6.45, 7) is 8.96. The molecule has 0 bridgehead atoms. The van der Waals surface area contributed by atoms with Gasteiger partial charge in [-0.05, 0) is 11.1 Å². The first-order chi connectivity index (χ1) is 17.7. The molecular weight excluding hydrogens is 460 g/mol. The van der Waals surface area contributed by atoms with Crippen molar-refractivity contribution in [1.29, 1.82) is 0 Å². The van der Waals surface area contributed by atoms with Crippen molar-refractivity contribution in [1.82, 2.24) is 0 Å². The fourth-order valence-corrected chi connectivity index (χ4v) is 4.68. The monoisotopic (exact) mass is 498 g/mol. The van der Waals surface area contributed by atoms with Gasteiger partial charge in [0.05, 0.1) is 109 Å². The van der Waals surface area contributed by atoms with Crippen molar-refractivity contribution >= 4 is 0 Å². The summed E-state index contributed by atoms with van der Waals surface area (Å²) < 4.78 is 41.0. The number of hydrogen-bond acceptors (Lipinski definition) is 7. The number of hydrogen-bond donors (Lipinski definition) is 0. The van der Waals surface area contributed by atoms with Gasteiger partial charge in [0.1, 0.15) is 0 Å². The molecule has 0 spiro atoms. The Morgan fingerprint density at radius 1 is 0.444 bits per heavy atom. The highest BCUT2D eigenvalue weighted by atomic mass is 16.6. The molecule has 0 aromatic heterocycles. The number of rotatable bonds is 16. The van der Waals surface area contributed by atoms with Gasteiger partial charge in [-0.2, -0.15) is 0 Å². The second-order valence-corrected chi connectivity index (χ2v) is 10.9. The lowest BCUT2D eigenvalue weighted by Gasteiger charge is -2.45. The highest BCUT2D eigenvalue weighted by Gasteiger charge is 2.45. The molecule has 3 aliphatic heterocycles. The largest absolute Gasteiger partial charge is 0.380 e. The third-order valence-corrected chi connectivity index (χ3v) is 7.12. The fourth-order valence-electron chi connectivity index (χ4n) is 4.68. The summed E-state index contributed by atoms with van der Waals surface area (Å²) in [4.78, 5) is 0. The normalized spacial score (nSPS) is 21.2. The molecule has 0 aliphatic carbocycles. The van der Waals surface area contributed by atoms with E-state index in [1.165, 1.54) is 11.1 Å². The molecule has 0 N–H and O–H groups in total. The molecule has 196 valence electrons. The quantitative estimate of drug-likeness (QED) is 0.351. The van der Waals surface area contributed by atoms with Crippen molar-refractivity contribution in [3.63, 3.8) is 0 Å². The first-order valence-corrected chi connectivity index (χ1v) is 12.8. The van der Waals surface area contributed by atoms with Crippen molar-refractivity contribution in [3.8, 4) is 0 Å². The van der Waals surface area contributed by atoms with E-state index in [1.807, 2.05) is 36.4 Å². The third kappa shape index (κ3) is 6.72. The maximum atomic E-state index is 6.22. The van der Waals surface area contributed by atoms with Crippen LogP contribution in [0, 0.1) is 16.2 Å². The fraction of sp³-hybridized carbons (Fsp3) is 0.586. The van der Waals surface area contributed by atoms with Gasteiger partial charge in [-0.3, -0.25) is 0 Å². The molecular formula is C29H38O7. The van der Waals surface area contributed by atoms with Crippen molar-refractivity contribution < 1.29 is 33.2 Å². The maximum absolute atomic E-state index is 6.22. The van der Waals surface area contributed by atoms with Crippen LogP contribution in [0.25, 0.3) is 0 Å². The van der Waals surface area contributed by atoms with Crippen LogP contribution in [0.3, 0.4) is 0 Å². The Kier molecular flexibility index (Phi) is 8.70. The Hall–Kier alpha value is -1.84. The lowest BCUT2D eigenvalue weighted by Crippen LogP contribution is -2.54. The van der Waals surface area contributed by atoms with Gasteiger partial charge in [-0.1, -0.05) is 60.7 Å². The molecule has 2 aromatic carbocycles. The van der Waals surface area contributed by atoms with Crippen LogP contribution >= 0.6 is 0 Å². The third-order valence-electron chi connectivity index (χ3n) is 7.12. The zero-order valence-electron chi connectivity index (χ0n) is 21.0. The van der Waals surface area contributed by atoms with Crippen LogP contribution in [0.15, 0.2) is 60.7 Å². The molecule has 3 saturated heterocycles. The van der Waals surface area contributed by atoms with E-state index in [0.717, 1.165) is 0 Å². The van der Waals surface area contributed by atoms with Gasteiger partial charge in [-0.25, -0.2) is 0 Å². The standard InChI is InChI=1S/C29H38O7/c1-3-7-25(8-4-1)11-30-13-27(15-32-16-27)19-34-21-29(23-36-24-29)22-35-20-28(17-33-18-28)14-31-12-26-9-5-2-6-10-26/h1-10H,11-24H2. The predicted octanol–water partition coefficient (Wildman–Crippen LogP) is 3.50. The van der Waals surface area contributed by atoms with Gasteiger partial charge in [0.2, 0.25) is 0 Å². The topological polar surface area (TPSA) is 64.6 Å². The van der Waals surface area contributed by atoms with E-state index in [1.54, 1.807) is 0 Å². The van der Waals surface area contributed by atoms with Crippen LogP contribution in [0.5, 0.6) is 0 Å². The summed E-state index contributed by atoms with van der Waals surface area (Å²) in [6.07, 6.45) is 0. The molecule has 2 aromatic rings. The lowest BCUT2D eigenvalue weighted by molar-refractivity contribution is -0.225. The van der Waals surface area contributed by atoms with Crippen molar-refractivity contribution in [3.05, 3.63) is 71.8 Å². The molecule has 7 heteroatoms. The van der Waals surface area contributed by atoms with E-state index < -0.39 is 0 Å². The summed E-state index contributed by atoms with van der Waals surface area (Å²) in [6, 6.07) is 20.5. The lowest BCUT2D eigenvalue weighted by atomic mass is 9.85. The molecule has 0 atom stereocenters. The van der Waals surface area contributed by atoms with Gasteiger partial charge >= 0.3 is 0 Å². The van der Waals surface area contributed by atoms with Crippen LogP contribution < -0.4 is 0 Å². The van der Waals surface area contributed by atoms with Crippen LogP contribution in [-0.4, -0.2) is 79.3 Å². The molecule has 3 fully saturated rings. The van der Waals surface area contributed by atoms with Crippen LogP contribution in [-0.2, 0) is 46.4 Å². The molecule has 3 heterocycles. The Balaban J connectivity index is 1.01. The van der Waals surface area contributed by atoms with Crippen LogP contribution in [0.2, 0.25) is 0 Å². The maximum Gasteiger partial charge on any atom is 0.0717 e. The van der Waals surface area contributed by atoms with Crippen molar-refractivity contribution in [2.75, 3.05) is 79.3 Å². The average molecular weight is 499 g/mol. The summed E-state index contributed by atoms with van der Waals surface area (Å²) >= 11 is 0. The highest BCUT2D eigenvalue weighted by Crippen LogP contribution is 2.34. The zero-order valence-corrected chi connectivity index (χ0v) is 21.0. The number of ether oxygens (including phenoxy) is 7. The van der Waals surface area contributed by atoms with E-state index in [2.05, 4.69) is 24.3 Å². The Morgan fingerprint density at radius 3 is 1.03 bits per heavy atom.